The maximum Gasteiger partial charge on any atom is 0.310 e. The summed E-state index contributed by atoms with van der Waals surface area (Å²) in [5.74, 6) is -2.33. The van der Waals surface area contributed by atoms with Gasteiger partial charge in [-0.1, -0.05) is 6.92 Å². The maximum absolute atomic E-state index is 11.1. The summed E-state index contributed by atoms with van der Waals surface area (Å²) in [6.45, 7) is 1.74. The van der Waals surface area contributed by atoms with Crippen LogP contribution in [0.25, 0.3) is 0 Å². The number of carbonyl (C=O) groups excluding carboxylic acids is 1. The molecule has 0 fully saturated rings. The number of pyridine rings is 1. The molecule has 1 aromatic rings. The Hall–Kier alpha value is -1.91. The molecule has 0 saturated heterocycles. The molecule has 1 heterocycles. The van der Waals surface area contributed by atoms with Crippen molar-refractivity contribution in [1.29, 1.82) is 0 Å². The molecule has 1 atom stereocenters. The minimum atomic E-state index is -0.966. The normalized spacial score (nSPS) is 12.1. The first-order valence-corrected chi connectivity index (χ1v) is 4.54. The lowest BCUT2D eigenvalue weighted by Crippen LogP contribution is -2.19. The Labute approximate surface area is 86.9 Å². The summed E-state index contributed by atoms with van der Waals surface area (Å²) in [6.07, 6.45) is 3.15. The average molecular weight is 208 g/mol. The van der Waals surface area contributed by atoms with E-state index in [1.165, 1.54) is 18.5 Å². The predicted octanol–water partition coefficient (Wildman–Crippen LogP) is 0.759. The molecule has 0 saturated carbocycles. The number of aromatic nitrogens is 1. The van der Waals surface area contributed by atoms with Crippen molar-refractivity contribution in [3.63, 3.8) is 0 Å². The summed E-state index contributed by atoms with van der Waals surface area (Å²) in [6, 6.07) is 1.52. The van der Waals surface area contributed by atoms with Crippen LogP contribution < -0.4 is 5.73 Å². The fraction of sp³-hybridized carbons (Fsp3) is 0.300. The third-order valence-corrected chi connectivity index (χ3v) is 2.20. The Morgan fingerprint density at radius 1 is 1.60 bits per heavy atom. The number of hydrogen-bond acceptors (Lipinski definition) is 3. The van der Waals surface area contributed by atoms with Gasteiger partial charge in [0.05, 0.1) is 11.5 Å². The smallest absolute Gasteiger partial charge is 0.310 e. The first-order chi connectivity index (χ1) is 7.07. The van der Waals surface area contributed by atoms with Crippen LogP contribution in [0, 0.1) is 0 Å². The molecule has 0 spiro atoms. The Morgan fingerprint density at radius 2 is 2.27 bits per heavy atom. The van der Waals surface area contributed by atoms with E-state index in [9.17, 15) is 9.59 Å². The molecule has 15 heavy (non-hydrogen) atoms. The van der Waals surface area contributed by atoms with Crippen molar-refractivity contribution < 1.29 is 14.7 Å². The minimum Gasteiger partial charge on any atom is -0.481 e. The van der Waals surface area contributed by atoms with Crippen LogP contribution >= 0.6 is 0 Å². The van der Waals surface area contributed by atoms with Crippen LogP contribution in [0.1, 0.15) is 35.2 Å². The average Bonchev–Trinajstić information content (AvgIpc) is 2.18. The van der Waals surface area contributed by atoms with Gasteiger partial charge in [-0.25, -0.2) is 0 Å². The van der Waals surface area contributed by atoms with Gasteiger partial charge in [0.2, 0.25) is 0 Å². The molecule has 1 amide bonds. The summed E-state index contributed by atoms with van der Waals surface area (Å²) in [7, 11) is 0. The van der Waals surface area contributed by atoms with Crippen LogP contribution in [0.2, 0.25) is 0 Å². The molecule has 0 aliphatic rings. The molecule has 0 bridgehead atoms. The zero-order valence-electron chi connectivity index (χ0n) is 8.30. The highest BCUT2D eigenvalue weighted by Crippen LogP contribution is 2.22. The van der Waals surface area contributed by atoms with Gasteiger partial charge in [-0.3, -0.25) is 14.6 Å². The molecule has 3 N–H and O–H groups in total. The van der Waals surface area contributed by atoms with Gasteiger partial charge in [0.25, 0.3) is 5.91 Å². The zero-order valence-corrected chi connectivity index (χ0v) is 8.30. The van der Waals surface area contributed by atoms with Gasteiger partial charge >= 0.3 is 5.97 Å². The summed E-state index contributed by atoms with van der Waals surface area (Å²) in [4.78, 5) is 25.7. The second-order valence-electron chi connectivity index (χ2n) is 3.13. The molecule has 0 aromatic carbocycles. The Kier molecular flexibility index (Phi) is 3.38. The largest absolute Gasteiger partial charge is 0.481 e. The van der Waals surface area contributed by atoms with Gasteiger partial charge in [-0.05, 0) is 18.1 Å². The fourth-order valence-corrected chi connectivity index (χ4v) is 1.44. The van der Waals surface area contributed by atoms with E-state index in [0.717, 1.165) is 0 Å². The summed E-state index contributed by atoms with van der Waals surface area (Å²) >= 11 is 0. The van der Waals surface area contributed by atoms with Crippen LogP contribution in [-0.4, -0.2) is 22.0 Å². The number of nitrogens with two attached hydrogens (primary N) is 1. The first-order valence-electron chi connectivity index (χ1n) is 4.54. The van der Waals surface area contributed by atoms with E-state index in [0.29, 0.717) is 12.0 Å². The lowest BCUT2D eigenvalue weighted by atomic mass is 9.93. The van der Waals surface area contributed by atoms with Crippen LogP contribution in [-0.2, 0) is 4.79 Å². The lowest BCUT2D eigenvalue weighted by Gasteiger charge is -2.12. The van der Waals surface area contributed by atoms with Crippen LogP contribution in [0.5, 0.6) is 0 Å². The number of carboxylic acid groups (broad SMARTS) is 1. The molecular weight excluding hydrogens is 196 g/mol. The minimum absolute atomic E-state index is 0.173. The number of amides is 1. The topological polar surface area (TPSA) is 93.3 Å². The highest BCUT2D eigenvalue weighted by atomic mass is 16.4. The first kappa shape index (κ1) is 11.2. The highest BCUT2D eigenvalue weighted by Gasteiger charge is 2.22. The highest BCUT2D eigenvalue weighted by molar-refractivity contribution is 5.95. The number of carboxylic acids is 1. The van der Waals surface area contributed by atoms with Crippen molar-refractivity contribution in [2.45, 2.75) is 19.3 Å². The maximum atomic E-state index is 11.1. The van der Waals surface area contributed by atoms with E-state index in [2.05, 4.69) is 4.98 Å². The van der Waals surface area contributed by atoms with Crippen LogP contribution in [0.3, 0.4) is 0 Å². The molecule has 5 nitrogen and oxygen atoms in total. The van der Waals surface area contributed by atoms with Crippen molar-refractivity contribution in [2.75, 3.05) is 0 Å². The summed E-state index contributed by atoms with van der Waals surface area (Å²) in [5, 5.41) is 8.96. The zero-order chi connectivity index (χ0) is 11.4. The Bertz CT molecular complexity index is 390. The number of primary amides is 1. The number of nitrogens with zero attached hydrogens (tertiary/aromatic N) is 1. The van der Waals surface area contributed by atoms with E-state index in [-0.39, 0.29) is 5.56 Å². The van der Waals surface area contributed by atoms with Gasteiger partial charge in [0.15, 0.2) is 0 Å². The van der Waals surface area contributed by atoms with Gasteiger partial charge in [0, 0.05) is 12.4 Å². The Morgan fingerprint density at radius 3 is 2.73 bits per heavy atom. The van der Waals surface area contributed by atoms with Crippen LogP contribution in [0.15, 0.2) is 18.5 Å². The van der Waals surface area contributed by atoms with E-state index in [1.807, 2.05) is 0 Å². The molecule has 1 unspecified atom stereocenters. The molecule has 1 aromatic heterocycles. The summed E-state index contributed by atoms with van der Waals surface area (Å²) < 4.78 is 0. The van der Waals surface area contributed by atoms with Crippen molar-refractivity contribution in [3.05, 3.63) is 29.6 Å². The van der Waals surface area contributed by atoms with Crippen molar-refractivity contribution in [2.24, 2.45) is 5.73 Å². The van der Waals surface area contributed by atoms with Gasteiger partial charge in [-0.15, -0.1) is 0 Å². The molecule has 80 valence electrons. The molecule has 5 heteroatoms. The number of carbonyl (C=O) groups is 2. The molecule has 0 aliphatic carbocycles. The molecule has 0 radical (unpaired) electrons. The standard InChI is InChI=1S/C10H12N2O3/c1-2-6(10(14)15)7-3-4-12-5-8(7)9(11)13/h3-6H,2H2,1H3,(H2,11,13)(H,14,15). The van der Waals surface area contributed by atoms with Crippen LogP contribution in [0.4, 0.5) is 0 Å². The van der Waals surface area contributed by atoms with Crippen molar-refractivity contribution in [3.8, 4) is 0 Å². The van der Waals surface area contributed by atoms with Gasteiger partial charge in [-0.2, -0.15) is 0 Å². The fourth-order valence-electron chi connectivity index (χ4n) is 1.44. The van der Waals surface area contributed by atoms with E-state index >= 15 is 0 Å². The third kappa shape index (κ3) is 2.31. The van der Waals surface area contributed by atoms with Gasteiger partial charge in [0.1, 0.15) is 0 Å². The van der Waals surface area contributed by atoms with Crippen molar-refractivity contribution >= 4 is 11.9 Å². The number of hydrogen-bond donors (Lipinski definition) is 2. The molecule has 0 aliphatic heterocycles. The SMILES string of the molecule is CCC(C(=O)O)c1ccncc1C(N)=O. The summed E-state index contributed by atoms with van der Waals surface area (Å²) in [5.41, 5.74) is 5.73. The second-order valence-corrected chi connectivity index (χ2v) is 3.13. The second kappa shape index (κ2) is 4.54. The van der Waals surface area contributed by atoms with E-state index in [1.54, 1.807) is 6.92 Å². The predicted molar refractivity (Wildman–Crippen MR) is 53.4 cm³/mol. The molecular formula is C10H12N2O3. The van der Waals surface area contributed by atoms with Crippen molar-refractivity contribution in [1.82, 2.24) is 4.98 Å². The molecule has 1 rings (SSSR count). The number of rotatable bonds is 4. The third-order valence-electron chi connectivity index (χ3n) is 2.20. The quantitative estimate of drug-likeness (QED) is 0.763. The number of aliphatic carboxylic acids is 1. The van der Waals surface area contributed by atoms with E-state index < -0.39 is 17.8 Å². The van der Waals surface area contributed by atoms with E-state index in [4.69, 9.17) is 10.8 Å². The monoisotopic (exact) mass is 208 g/mol. The lowest BCUT2D eigenvalue weighted by molar-refractivity contribution is -0.138. The Balaban J connectivity index is 3.22. The van der Waals surface area contributed by atoms with Gasteiger partial charge < -0.3 is 10.8 Å².